The number of terminal acetylenes is 1. The molecule has 0 aromatic heterocycles. The lowest BCUT2D eigenvalue weighted by Crippen LogP contribution is -2.22. The Morgan fingerprint density at radius 1 is 1.38 bits per heavy atom. The molecule has 1 rings (SSSR count). The van der Waals surface area contributed by atoms with Crippen LogP contribution in [0.3, 0.4) is 0 Å². The van der Waals surface area contributed by atoms with Crippen molar-refractivity contribution in [1.82, 2.24) is 5.32 Å². The van der Waals surface area contributed by atoms with Gasteiger partial charge in [0, 0.05) is 6.04 Å². The number of halogens is 3. The van der Waals surface area contributed by atoms with E-state index in [4.69, 9.17) is 6.42 Å². The van der Waals surface area contributed by atoms with Crippen molar-refractivity contribution < 1.29 is 13.2 Å². The summed E-state index contributed by atoms with van der Waals surface area (Å²) in [5, 5.41) is 2.82. The Bertz CT molecular complexity index is 390. The maximum atomic E-state index is 12.7. The second-order valence-electron chi connectivity index (χ2n) is 3.39. The molecule has 0 saturated heterocycles. The standard InChI is InChI=1S/C12H12F3N/c1-3-8-16-9(2)10-6-4-5-7-11(10)12(13,14)15/h1,4-7,9,16H,8H2,2H3. The zero-order valence-electron chi connectivity index (χ0n) is 8.81. The molecule has 86 valence electrons. The van der Waals surface area contributed by atoms with Crippen molar-refractivity contribution in [3.8, 4) is 12.3 Å². The molecular formula is C12H12F3N. The summed E-state index contributed by atoms with van der Waals surface area (Å²) in [6.07, 6.45) is 0.713. The fraction of sp³-hybridized carbons (Fsp3) is 0.333. The molecule has 16 heavy (non-hydrogen) atoms. The third kappa shape index (κ3) is 3.01. The second kappa shape index (κ2) is 5.04. The summed E-state index contributed by atoms with van der Waals surface area (Å²) in [6.45, 7) is 1.90. The van der Waals surface area contributed by atoms with Gasteiger partial charge in [-0.15, -0.1) is 6.42 Å². The van der Waals surface area contributed by atoms with E-state index in [-0.39, 0.29) is 12.1 Å². The van der Waals surface area contributed by atoms with Crippen molar-refractivity contribution in [2.75, 3.05) is 6.54 Å². The number of nitrogens with one attached hydrogen (secondary N) is 1. The van der Waals surface area contributed by atoms with Crippen LogP contribution in [0.15, 0.2) is 24.3 Å². The Labute approximate surface area is 92.7 Å². The van der Waals surface area contributed by atoms with E-state index >= 15 is 0 Å². The lowest BCUT2D eigenvalue weighted by atomic mass is 10.0. The molecule has 1 nitrogen and oxygen atoms in total. The second-order valence-corrected chi connectivity index (χ2v) is 3.39. The van der Waals surface area contributed by atoms with Gasteiger partial charge >= 0.3 is 6.18 Å². The molecule has 1 atom stereocenters. The molecule has 0 aliphatic heterocycles. The maximum absolute atomic E-state index is 12.7. The molecule has 0 fully saturated rings. The van der Waals surface area contributed by atoms with Gasteiger partial charge < -0.3 is 0 Å². The molecule has 0 heterocycles. The quantitative estimate of drug-likeness (QED) is 0.783. The predicted octanol–water partition coefficient (Wildman–Crippen LogP) is 2.99. The first kappa shape index (κ1) is 12.6. The Morgan fingerprint density at radius 3 is 2.56 bits per heavy atom. The van der Waals surface area contributed by atoms with Crippen LogP contribution in [0.5, 0.6) is 0 Å². The summed E-state index contributed by atoms with van der Waals surface area (Å²) in [5.41, 5.74) is -0.405. The van der Waals surface area contributed by atoms with Crippen molar-refractivity contribution in [2.45, 2.75) is 19.1 Å². The Hall–Kier alpha value is -1.47. The lowest BCUT2D eigenvalue weighted by molar-refractivity contribution is -0.138. The minimum absolute atomic E-state index is 0.213. The fourth-order valence-corrected chi connectivity index (χ4v) is 1.45. The summed E-state index contributed by atoms with van der Waals surface area (Å²) < 4.78 is 38.0. The van der Waals surface area contributed by atoms with Crippen molar-refractivity contribution in [3.63, 3.8) is 0 Å². The number of hydrogen-bond donors (Lipinski definition) is 1. The SMILES string of the molecule is C#CCNC(C)c1ccccc1C(F)(F)F. The van der Waals surface area contributed by atoms with Gasteiger partial charge in [-0.3, -0.25) is 5.32 Å². The molecular weight excluding hydrogens is 215 g/mol. The van der Waals surface area contributed by atoms with Crippen LogP contribution in [0.25, 0.3) is 0 Å². The molecule has 1 aromatic rings. The summed E-state index contributed by atoms with van der Waals surface area (Å²) >= 11 is 0. The highest BCUT2D eigenvalue weighted by molar-refractivity contribution is 5.32. The van der Waals surface area contributed by atoms with Gasteiger partial charge in [0.2, 0.25) is 0 Å². The highest BCUT2D eigenvalue weighted by atomic mass is 19.4. The van der Waals surface area contributed by atoms with Crippen LogP contribution in [0.2, 0.25) is 0 Å². The molecule has 0 saturated carbocycles. The summed E-state index contributed by atoms with van der Waals surface area (Å²) in [5.74, 6) is 2.33. The van der Waals surface area contributed by atoms with E-state index < -0.39 is 17.8 Å². The van der Waals surface area contributed by atoms with Gasteiger partial charge in [-0.1, -0.05) is 24.1 Å². The molecule has 1 N–H and O–H groups in total. The van der Waals surface area contributed by atoms with Crippen molar-refractivity contribution in [1.29, 1.82) is 0 Å². The highest BCUT2D eigenvalue weighted by Crippen LogP contribution is 2.34. The monoisotopic (exact) mass is 227 g/mol. The number of hydrogen-bond acceptors (Lipinski definition) is 1. The average molecular weight is 227 g/mol. The van der Waals surface area contributed by atoms with Gasteiger partial charge in [-0.05, 0) is 18.6 Å². The predicted molar refractivity (Wildman–Crippen MR) is 56.7 cm³/mol. The van der Waals surface area contributed by atoms with E-state index in [1.165, 1.54) is 12.1 Å². The molecule has 1 unspecified atom stereocenters. The van der Waals surface area contributed by atoms with Crippen molar-refractivity contribution in [2.24, 2.45) is 0 Å². The van der Waals surface area contributed by atoms with E-state index in [0.29, 0.717) is 0 Å². The number of alkyl halides is 3. The van der Waals surface area contributed by atoms with Crippen LogP contribution in [0, 0.1) is 12.3 Å². The topological polar surface area (TPSA) is 12.0 Å². The molecule has 0 bridgehead atoms. The smallest absolute Gasteiger partial charge is 0.300 e. The van der Waals surface area contributed by atoms with Gasteiger partial charge in [0.25, 0.3) is 0 Å². The minimum atomic E-state index is -4.33. The van der Waals surface area contributed by atoms with Gasteiger partial charge in [-0.25, -0.2) is 0 Å². The summed E-state index contributed by atoms with van der Waals surface area (Å²) in [6, 6.07) is 5.06. The zero-order valence-corrected chi connectivity index (χ0v) is 8.81. The fourth-order valence-electron chi connectivity index (χ4n) is 1.45. The zero-order chi connectivity index (χ0) is 12.2. The van der Waals surface area contributed by atoms with Gasteiger partial charge in [0.15, 0.2) is 0 Å². The average Bonchev–Trinajstić information content (AvgIpc) is 2.24. The van der Waals surface area contributed by atoms with E-state index in [1.54, 1.807) is 13.0 Å². The van der Waals surface area contributed by atoms with Gasteiger partial charge in [0.1, 0.15) is 0 Å². The molecule has 0 spiro atoms. The van der Waals surface area contributed by atoms with Crippen molar-refractivity contribution in [3.05, 3.63) is 35.4 Å². The van der Waals surface area contributed by atoms with Crippen LogP contribution < -0.4 is 5.32 Å². The Kier molecular flexibility index (Phi) is 3.97. The van der Waals surface area contributed by atoms with Crippen LogP contribution in [0.1, 0.15) is 24.1 Å². The molecule has 0 aliphatic rings. The normalized spacial score (nSPS) is 13.2. The van der Waals surface area contributed by atoms with Gasteiger partial charge in [-0.2, -0.15) is 13.2 Å². The number of rotatable bonds is 3. The first-order valence-electron chi connectivity index (χ1n) is 4.79. The van der Waals surface area contributed by atoms with Gasteiger partial charge in [0.05, 0.1) is 12.1 Å². The molecule has 0 amide bonds. The summed E-state index contributed by atoms with van der Waals surface area (Å²) in [4.78, 5) is 0. The molecule has 0 aliphatic carbocycles. The van der Waals surface area contributed by atoms with Crippen molar-refractivity contribution >= 4 is 0 Å². The van der Waals surface area contributed by atoms with Crippen LogP contribution >= 0.6 is 0 Å². The van der Waals surface area contributed by atoms with E-state index in [0.717, 1.165) is 6.07 Å². The lowest BCUT2D eigenvalue weighted by Gasteiger charge is -2.18. The maximum Gasteiger partial charge on any atom is 0.416 e. The Morgan fingerprint density at radius 2 is 2.00 bits per heavy atom. The van der Waals surface area contributed by atoms with Crippen LogP contribution in [-0.2, 0) is 6.18 Å². The van der Waals surface area contributed by atoms with Crippen LogP contribution in [-0.4, -0.2) is 6.54 Å². The largest absolute Gasteiger partial charge is 0.416 e. The highest BCUT2D eigenvalue weighted by Gasteiger charge is 2.33. The third-order valence-electron chi connectivity index (χ3n) is 2.24. The molecule has 4 heteroatoms. The third-order valence-corrected chi connectivity index (χ3v) is 2.24. The first-order chi connectivity index (χ1) is 7.46. The van der Waals surface area contributed by atoms with Crippen LogP contribution in [0.4, 0.5) is 13.2 Å². The molecule has 0 radical (unpaired) electrons. The Balaban J connectivity index is 3.00. The van der Waals surface area contributed by atoms with E-state index in [2.05, 4.69) is 11.2 Å². The molecule has 1 aromatic carbocycles. The van der Waals surface area contributed by atoms with E-state index in [9.17, 15) is 13.2 Å². The van der Waals surface area contributed by atoms with E-state index in [1.807, 2.05) is 0 Å². The minimum Gasteiger partial charge on any atom is -0.300 e. The first-order valence-corrected chi connectivity index (χ1v) is 4.79. The number of benzene rings is 1. The summed E-state index contributed by atoms with van der Waals surface area (Å²) in [7, 11) is 0.